The molecular formula is C25H25FN2O5. The Morgan fingerprint density at radius 1 is 1.00 bits per heavy atom. The maximum atomic E-state index is 13.4. The number of carbonyl (C=O) groups excluding carboxylic acids is 2. The molecule has 4 rings (SSSR count). The van der Waals surface area contributed by atoms with Crippen LogP contribution in [0.5, 0.6) is 11.5 Å². The number of hydrogen-bond donors (Lipinski definition) is 0. The maximum absolute atomic E-state index is 13.4. The van der Waals surface area contributed by atoms with Gasteiger partial charge in [0.1, 0.15) is 18.1 Å². The standard InChI is InChI=1S/C25H25FN2O5/c1-17(2)28(25(30)19-6-8-20(26)9-7-19)15-24(29)27(14-21-4-3-11-31-21)13-18-5-10-22-23(12-18)33-16-32-22/h3-12,17H,13-16H2,1-2H3. The number of hydrogen-bond acceptors (Lipinski definition) is 5. The molecule has 2 heterocycles. The van der Waals surface area contributed by atoms with Gasteiger partial charge in [-0.05, 0) is 67.9 Å². The summed E-state index contributed by atoms with van der Waals surface area (Å²) >= 11 is 0. The molecule has 1 aromatic heterocycles. The second-order valence-electron chi connectivity index (χ2n) is 8.05. The summed E-state index contributed by atoms with van der Waals surface area (Å²) < 4.78 is 29.5. The number of amides is 2. The molecule has 0 atom stereocenters. The van der Waals surface area contributed by atoms with Gasteiger partial charge in [-0.3, -0.25) is 9.59 Å². The van der Waals surface area contributed by atoms with E-state index in [4.69, 9.17) is 13.9 Å². The molecule has 0 radical (unpaired) electrons. The fourth-order valence-electron chi connectivity index (χ4n) is 3.58. The first kappa shape index (κ1) is 22.4. The number of carbonyl (C=O) groups is 2. The summed E-state index contributed by atoms with van der Waals surface area (Å²) in [6.07, 6.45) is 1.55. The molecule has 0 aliphatic carbocycles. The van der Waals surface area contributed by atoms with Gasteiger partial charge in [-0.15, -0.1) is 0 Å². The predicted octanol–water partition coefficient (Wildman–Crippen LogP) is 4.23. The first-order chi connectivity index (χ1) is 15.9. The molecule has 0 fully saturated rings. The van der Waals surface area contributed by atoms with E-state index >= 15 is 0 Å². The van der Waals surface area contributed by atoms with E-state index in [-0.39, 0.29) is 37.7 Å². The largest absolute Gasteiger partial charge is 0.467 e. The third kappa shape index (κ3) is 5.34. The molecular weight excluding hydrogens is 427 g/mol. The van der Waals surface area contributed by atoms with Crippen molar-refractivity contribution >= 4 is 11.8 Å². The zero-order valence-corrected chi connectivity index (χ0v) is 18.5. The van der Waals surface area contributed by atoms with Crippen LogP contribution in [0.25, 0.3) is 0 Å². The molecule has 2 aromatic carbocycles. The molecule has 0 unspecified atom stereocenters. The quantitative estimate of drug-likeness (QED) is 0.512. The minimum Gasteiger partial charge on any atom is -0.467 e. The van der Waals surface area contributed by atoms with Gasteiger partial charge in [-0.25, -0.2) is 4.39 Å². The van der Waals surface area contributed by atoms with E-state index in [0.29, 0.717) is 29.4 Å². The molecule has 0 saturated heterocycles. The fourth-order valence-corrected chi connectivity index (χ4v) is 3.58. The molecule has 3 aromatic rings. The van der Waals surface area contributed by atoms with Crippen molar-refractivity contribution in [3.05, 3.63) is 83.6 Å². The van der Waals surface area contributed by atoms with Crippen LogP contribution < -0.4 is 9.47 Å². The number of fused-ring (bicyclic) bond motifs is 1. The topological polar surface area (TPSA) is 72.2 Å². The molecule has 0 bridgehead atoms. The van der Waals surface area contributed by atoms with E-state index in [1.165, 1.54) is 29.2 Å². The molecule has 7 nitrogen and oxygen atoms in total. The van der Waals surface area contributed by atoms with Crippen LogP contribution in [0.1, 0.15) is 35.5 Å². The summed E-state index contributed by atoms with van der Waals surface area (Å²) in [5.41, 5.74) is 1.19. The van der Waals surface area contributed by atoms with E-state index in [1.807, 2.05) is 32.0 Å². The van der Waals surface area contributed by atoms with Gasteiger partial charge in [-0.1, -0.05) is 6.07 Å². The zero-order chi connectivity index (χ0) is 23.4. The molecule has 8 heteroatoms. The van der Waals surface area contributed by atoms with Crippen LogP contribution >= 0.6 is 0 Å². The fraction of sp³-hybridized carbons (Fsp3) is 0.280. The third-order valence-electron chi connectivity index (χ3n) is 5.37. The number of furan rings is 1. The lowest BCUT2D eigenvalue weighted by Crippen LogP contribution is -2.45. The molecule has 2 amide bonds. The van der Waals surface area contributed by atoms with Gasteiger partial charge in [0.2, 0.25) is 12.7 Å². The maximum Gasteiger partial charge on any atom is 0.254 e. The van der Waals surface area contributed by atoms with Crippen LogP contribution in [0.15, 0.2) is 65.3 Å². The van der Waals surface area contributed by atoms with Crippen molar-refractivity contribution in [2.24, 2.45) is 0 Å². The van der Waals surface area contributed by atoms with Crippen molar-refractivity contribution in [1.29, 1.82) is 0 Å². The monoisotopic (exact) mass is 452 g/mol. The summed E-state index contributed by atoms with van der Waals surface area (Å²) in [7, 11) is 0. The number of halogens is 1. The van der Waals surface area contributed by atoms with Crippen molar-refractivity contribution in [2.75, 3.05) is 13.3 Å². The Morgan fingerprint density at radius 3 is 2.45 bits per heavy atom. The average Bonchev–Trinajstić information content (AvgIpc) is 3.48. The summed E-state index contributed by atoms with van der Waals surface area (Å²) in [6, 6.07) is 14.2. The molecule has 1 aliphatic heterocycles. The molecule has 172 valence electrons. The van der Waals surface area contributed by atoms with Gasteiger partial charge in [-0.2, -0.15) is 0 Å². The Kier molecular flexibility index (Phi) is 6.63. The Labute approximate surface area is 191 Å². The second kappa shape index (κ2) is 9.77. The van der Waals surface area contributed by atoms with E-state index in [9.17, 15) is 14.0 Å². The van der Waals surface area contributed by atoms with Crippen molar-refractivity contribution in [3.63, 3.8) is 0 Å². The van der Waals surface area contributed by atoms with E-state index in [2.05, 4.69) is 0 Å². The zero-order valence-electron chi connectivity index (χ0n) is 18.5. The molecule has 0 saturated carbocycles. The van der Waals surface area contributed by atoms with Crippen LogP contribution in [0.2, 0.25) is 0 Å². The van der Waals surface area contributed by atoms with Gasteiger partial charge in [0.05, 0.1) is 12.8 Å². The number of benzene rings is 2. The SMILES string of the molecule is CC(C)N(CC(=O)N(Cc1ccc2c(c1)OCO2)Cc1ccco1)C(=O)c1ccc(F)cc1. The average molecular weight is 452 g/mol. The van der Waals surface area contributed by atoms with Crippen LogP contribution in [0.3, 0.4) is 0 Å². The van der Waals surface area contributed by atoms with Crippen molar-refractivity contribution in [2.45, 2.75) is 33.0 Å². The van der Waals surface area contributed by atoms with E-state index in [0.717, 1.165) is 5.56 Å². The van der Waals surface area contributed by atoms with Crippen LogP contribution in [0.4, 0.5) is 4.39 Å². The normalized spacial score (nSPS) is 12.1. The Hall–Kier alpha value is -3.81. The van der Waals surface area contributed by atoms with Gasteiger partial charge in [0.15, 0.2) is 11.5 Å². The predicted molar refractivity (Wildman–Crippen MR) is 118 cm³/mol. The van der Waals surface area contributed by atoms with E-state index in [1.54, 1.807) is 23.3 Å². The Morgan fingerprint density at radius 2 is 1.76 bits per heavy atom. The van der Waals surface area contributed by atoms with Gasteiger partial charge in [0, 0.05) is 18.2 Å². The van der Waals surface area contributed by atoms with Crippen LogP contribution in [-0.4, -0.2) is 41.0 Å². The van der Waals surface area contributed by atoms with Crippen LogP contribution in [-0.2, 0) is 17.9 Å². The number of rotatable bonds is 8. The lowest BCUT2D eigenvalue weighted by molar-refractivity contribution is -0.133. The summed E-state index contributed by atoms with van der Waals surface area (Å²) in [4.78, 5) is 29.5. The highest BCUT2D eigenvalue weighted by atomic mass is 19.1. The summed E-state index contributed by atoms with van der Waals surface area (Å²) in [5.74, 6) is 0.927. The molecule has 33 heavy (non-hydrogen) atoms. The highest BCUT2D eigenvalue weighted by molar-refractivity contribution is 5.96. The smallest absolute Gasteiger partial charge is 0.254 e. The summed E-state index contributed by atoms with van der Waals surface area (Å²) in [6.45, 7) is 4.26. The molecule has 0 spiro atoms. The van der Waals surface area contributed by atoms with Gasteiger partial charge >= 0.3 is 0 Å². The highest BCUT2D eigenvalue weighted by Crippen LogP contribution is 2.33. The minimum atomic E-state index is -0.424. The van der Waals surface area contributed by atoms with Crippen LogP contribution in [0, 0.1) is 5.82 Å². The Balaban J connectivity index is 1.54. The number of nitrogens with zero attached hydrogens (tertiary/aromatic N) is 2. The molecule has 1 aliphatic rings. The van der Waals surface area contributed by atoms with Gasteiger partial charge < -0.3 is 23.7 Å². The molecule has 0 N–H and O–H groups in total. The van der Waals surface area contributed by atoms with Crippen molar-refractivity contribution < 1.29 is 27.9 Å². The number of ether oxygens (including phenoxy) is 2. The van der Waals surface area contributed by atoms with Crippen molar-refractivity contribution in [1.82, 2.24) is 9.80 Å². The van der Waals surface area contributed by atoms with Gasteiger partial charge in [0.25, 0.3) is 5.91 Å². The van der Waals surface area contributed by atoms with E-state index < -0.39 is 5.82 Å². The second-order valence-corrected chi connectivity index (χ2v) is 8.05. The Bertz CT molecular complexity index is 1110. The highest BCUT2D eigenvalue weighted by Gasteiger charge is 2.26. The lowest BCUT2D eigenvalue weighted by Gasteiger charge is -2.30. The summed E-state index contributed by atoms with van der Waals surface area (Å²) in [5, 5.41) is 0. The lowest BCUT2D eigenvalue weighted by atomic mass is 10.1. The first-order valence-electron chi connectivity index (χ1n) is 10.7. The van der Waals surface area contributed by atoms with Crippen molar-refractivity contribution in [3.8, 4) is 11.5 Å². The first-order valence-corrected chi connectivity index (χ1v) is 10.7. The third-order valence-corrected chi connectivity index (χ3v) is 5.37. The minimum absolute atomic E-state index is 0.126.